The van der Waals surface area contributed by atoms with Gasteiger partial charge in [-0.1, -0.05) is 35.5 Å². The molecule has 0 amide bonds. The molecule has 0 radical (unpaired) electrons. The topological polar surface area (TPSA) is 64.9 Å². The Kier molecular flexibility index (Phi) is 3.95. The zero-order valence-corrected chi connectivity index (χ0v) is 12.9. The molecule has 2 N–H and O–H groups in total. The van der Waals surface area contributed by atoms with Gasteiger partial charge < -0.3 is 10.3 Å². The van der Waals surface area contributed by atoms with Gasteiger partial charge in [0, 0.05) is 0 Å². The van der Waals surface area contributed by atoms with Crippen molar-refractivity contribution in [1.29, 1.82) is 0 Å². The highest BCUT2D eigenvalue weighted by molar-refractivity contribution is 9.11. The predicted octanol–water partition coefficient (Wildman–Crippen LogP) is 3.80. The number of benzene rings is 1. The first-order chi connectivity index (χ1) is 9.72. The van der Waals surface area contributed by atoms with Crippen LogP contribution in [-0.2, 0) is 6.42 Å². The van der Waals surface area contributed by atoms with E-state index in [1.165, 1.54) is 0 Å². The van der Waals surface area contributed by atoms with Crippen LogP contribution in [0.3, 0.4) is 0 Å². The summed E-state index contributed by atoms with van der Waals surface area (Å²) < 4.78 is 6.30. The van der Waals surface area contributed by atoms with E-state index < -0.39 is 0 Å². The number of aromatic nitrogens is 2. The van der Waals surface area contributed by atoms with Gasteiger partial charge in [0.05, 0.1) is 14.7 Å². The normalized spacial score (nSPS) is 12.5. The summed E-state index contributed by atoms with van der Waals surface area (Å²) >= 11 is 4.98. The van der Waals surface area contributed by atoms with Gasteiger partial charge in [0.25, 0.3) is 0 Å². The number of hydrogen-bond donors (Lipinski definition) is 1. The van der Waals surface area contributed by atoms with Crippen LogP contribution >= 0.6 is 27.3 Å². The van der Waals surface area contributed by atoms with Crippen LogP contribution in [0.1, 0.15) is 17.5 Å². The molecule has 0 spiro atoms. The molecule has 4 nitrogen and oxygen atoms in total. The first-order valence-electron chi connectivity index (χ1n) is 6.11. The zero-order valence-electron chi connectivity index (χ0n) is 10.5. The number of thiophene rings is 1. The minimum absolute atomic E-state index is 0.290. The maximum atomic E-state index is 6.12. The summed E-state index contributed by atoms with van der Waals surface area (Å²) in [6.07, 6.45) is 0.677. The molecule has 0 saturated heterocycles. The SMILES string of the molecule is N[C@H](Cc1ccccc1)c1nc(-c2ccc(Br)s2)no1. The van der Waals surface area contributed by atoms with Gasteiger partial charge in [0.2, 0.25) is 11.7 Å². The van der Waals surface area contributed by atoms with Gasteiger partial charge in [-0.2, -0.15) is 4.98 Å². The summed E-state index contributed by atoms with van der Waals surface area (Å²) in [5.74, 6) is 1.05. The second-order valence-corrected chi connectivity index (χ2v) is 6.82. The van der Waals surface area contributed by atoms with Crippen molar-refractivity contribution in [3.63, 3.8) is 0 Å². The molecular weight excluding hydrogens is 338 g/mol. The number of rotatable bonds is 4. The smallest absolute Gasteiger partial charge is 0.244 e. The lowest BCUT2D eigenvalue weighted by Gasteiger charge is -2.05. The van der Waals surface area contributed by atoms with E-state index in [0.29, 0.717) is 18.1 Å². The van der Waals surface area contributed by atoms with E-state index >= 15 is 0 Å². The van der Waals surface area contributed by atoms with Crippen molar-refractivity contribution in [1.82, 2.24) is 10.1 Å². The Morgan fingerprint density at radius 3 is 2.70 bits per heavy atom. The molecular formula is C14H12BrN3OS. The molecule has 6 heteroatoms. The van der Waals surface area contributed by atoms with Crippen molar-refractivity contribution in [2.45, 2.75) is 12.5 Å². The second-order valence-electron chi connectivity index (χ2n) is 4.36. The van der Waals surface area contributed by atoms with E-state index in [4.69, 9.17) is 10.3 Å². The van der Waals surface area contributed by atoms with Gasteiger partial charge in [0.15, 0.2) is 0 Å². The Hall–Kier alpha value is -1.50. The molecule has 0 aliphatic rings. The predicted molar refractivity (Wildman–Crippen MR) is 82.4 cm³/mol. The van der Waals surface area contributed by atoms with Crippen molar-refractivity contribution in [3.8, 4) is 10.7 Å². The van der Waals surface area contributed by atoms with Gasteiger partial charge >= 0.3 is 0 Å². The van der Waals surface area contributed by atoms with Crippen molar-refractivity contribution >= 4 is 27.3 Å². The highest BCUT2D eigenvalue weighted by atomic mass is 79.9. The van der Waals surface area contributed by atoms with Crippen LogP contribution in [0.5, 0.6) is 0 Å². The summed E-state index contributed by atoms with van der Waals surface area (Å²) in [5, 5.41) is 3.99. The van der Waals surface area contributed by atoms with E-state index in [0.717, 1.165) is 14.2 Å². The lowest BCUT2D eigenvalue weighted by Crippen LogP contribution is -2.13. The van der Waals surface area contributed by atoms with Gasteiger partial charge in [-0.15, -0.1) is 11.3 Å². The largest absolute Gasteiger partial charge is 0.337 e. The van der Waals surface area contributed by atoms with E-state index in [9.17, 15) is 0 Å². The summed E-state index contributed by atoms with van der Waals surface area (Å²) in [6.45, 7) is 0. The molecule has 0 aliphatic heterocycles. The molecule has 1 atom stereocenters. The van der Waals surface area contributed by atoms with E-state index in [1.54, 1.807) is 11.3 Å². The maximum Gasteiger partial charge on any atom is 0.244 e. The van der Waals surface area contributed by atoms with Crippen molar-refractivity contribution in [2.75, 3.05) is 0 Å². The minimum Gasteiger partial charge on any atom is -0.337 e. The molecule has 102 valence electrons. The first-order valence-corrected chi connectivity index (χ1v) is 7.72. The van der Waals surface area contributed by atoms with Gasteiger partial charge in [-0.25, -0.2) is 0 Å². The zero-order chi connectivity index (χ0) is 13.9. The van der Waals surface area contributed by atoms with Gasteiger partial charge in [-0.3, -0.25) is 0 Å². The number of nitrogens with two attached hydrogens (primary N) is 1. The lowest BCUT2D eigenvalue weighted by molar-refractivity contribution is 0.354. The van der Waals surface area contributed by atoms with E-state index in [2.05, 4.69) is 26.1 Å². The molecule has 3 aromatic rings. The van der Waals surface area contributed by atoms with Crippen molar-refractivity contribution < 1.29 is 4.52 Å². The molecule has 2 heterocycles. The van der Waals surface area contributed by atoms with Gasteiger partial charge in [0.1, 0.15) is 0 Å². The molecule has 0 bridgehead atoms. The van der Waals surface area contributed by atoms with Crippen LogP contribution in [0.4, 0.5) is 0 Å². The van der Waals surface area contributed by atoms with Crippen LogP contribution in [0.25, 0.3) is 10.7 Å². The second kappa shape index (κ2) is 5.87. The third kappa shape index (κ3) is 2.98. The van der Waals surface area contributed by atoms with Crippen LogP contribution < -0.4 is 5.73 Å². The summed E-state index contributed by atoms with van der Waals surface area (Å²) in [6, 6.07) is 13.7. The third-order valence-corrected chi connectivity index (χ3v) is 4.47. The first kappa shape index (κ1) is 13.5. The average Bonchev–Trinajstić information content (AvgIpc) is 3.08. The number of nitrogens with zero attached hydrogens (tertiary/aromatic N) is 2. The van der Waals surface area contributed by atoms with Crippen LogP contribution in [0.15, 0.2) is 50.8 Å². The highest BCUT2D eigenvalue weighted by Crippen LogP contribution is 2.30. The van der Waals surface area contributed by atoms with Crippen LogP contribution in [0.2, 0.25) is 0 Å². The molecule has 3 rings (SSSR count). The quantitative estimate of drug-likeness (QED) is 0.777. The third-order valence-electron chi connectivity index (χ3n) is 2.85. The van der Waals surface area contributed by atoms with Gasteiger partial charge in [-0.05, 0) is 40.0 Å². The molecule has 0 fully saturated rings. The summed E-state index contributed by atoms with van der Waals surface area (Å²) in [4.78, 5) is 5.33. The summed E-state index contributed by atoms with van der Waals surface area (Å²) in [7, 11) is 0. The Balaban J connectivity index is 1.76. The lowest BCUT2D eigenvalue weighted by atomic mass is 10.1. The molecule has 20 heavy (non-hydrogen) atoms. The Morgan fingerprint density at radius 1 is 1.20 bits per heavy atom. The Bertz CT molecular complexity index is 695. The Labute approximate surface area is 128 Å². The van der Waals surface area contributed by atoms with Crippen LogP contribution in [0, 0.1) is 0 Å². The van der Waals surface area contributed by atoms with E-state index in [-0.39, 0.29) is 6.04 Å². The highest BCUT2D eigenvalue weighted by Gasteiger charge is 2.17. The molecule has 0 aliphatic carbocycles. The fourth-order valence-corrected chi connectivity index (χ4v) is 3.19. The molecule has 2 aromatic heterocycles. The Morgan fingerprint density at radius 2 is 2.00 bits per heavy atom. The average molecular weight is 350 g/mol. The maximum absolute atomic E-state index is 6.12. The monoisotopic (exact) mass is 349 g/mol. The number of halogens is 1. The van der Waals surface area contributed by atoms with Crippen molar-refractivity contribution in [2.24, 2.45) is 5.73 Å². The van der Waals surface area contributed by atoms with E-state index in [1.807, 2.05) is 42.5 Å². The molecule has 0 saturated carbocycles. The standard InChI is InChI=1S/C14H12BrN3OS/c15-12-7-6-11(20-12)13-17-14(19-18-13)10(16)8-9-4-2-1-3-5-9/h1-7,10H,8,16H2/t10-/m1/s1. The van der Waals surface area contributed by atoms with Crippen LogP contribution in [-0.4, -0.2) is 10.1 Å². The van der Waals surface area contributed by atoms with Crippen molar-refractivity contribution in [3.05, 3.63) is 57.7 Å². The fraction of sp³-hybridized carbons (Fsp3) is 0.143. The summed E-state index contributed by atoms with van der Waals surface area (Å²) in [5.41, 5.74) is 7.27. The minimum atomic E-state index is -0.290. The fourth-order valence-electron chi connectivity index (χ4n) is 1.88. The number of hydrogen-bond acceptors (Lipinski definition) is 5. The molecule has 1 aromatic carbocycles. The molecule has 0 unspecified atom stereocenters.